The van der Waals surface area contributed by atoms with Crippen LogP contribution in [-0.2, 0) is 14.8 Å². The lowest BCUT2D eigenvalue weighted by molar-refractivity contribution is 0.177. The van der Waals surface area contributed by atoms with Crippen LogP contribution in [-0.4, -0.2) is 51.1 Å². The third-order valence-electron chi connectivity index (χ3n) is 3.06. The van der Waals surface area contributed by atoms with E-state index in [1.165, 1.54) is 4.31 Å². The van der Waals surface area contributed by atoms with Crippen LogP contribution in [0.5, 0.6) is 0 Å². The van der Waals surface area contributed by atoms with Crippen LogP contribution < -0.4 is 5.32 Å². The van der Waals surface area contributed by atoms with Crippen molar-refractivity contribution in [2.75, 3.05) is 32.6 Å². The van der Waals surface area contributed by atoms with E-state index >= 15 is 0 Å². The molecule has 19 heavy (non-hydrogen) atoms. The topological polar surface area (TPSA) is 71.5 Å². The number of hydrogen-bond donors (Lipinski definition) is 1. The highest BCUT2D eigenvalue weighted by atomic mass is 32.2. The maximum atomic E-state index is 12.7. The maximum Gasteiger partial charge on any atom is 0.247 e. The number of ether oxygens (including phenoxy) is 1. The first-order valence-electron chi connectivity index (χ1n) is 6.25. The lowest BCUT2D eigenvalue weighted by Gasteiger charge is -2.22. The van der Waals surface area contributed by atoms with Gasteiger partial charge in [-0.1, -0.05) is 0 Å². The van der Waals surface area contributed by atoms with Gasteiger partial charge < -0.3 is 10.1 Å². The van der Waals surface area contributed by atoms with E-state index in [2.05, 4.69) is 10.3 Å². The molecule has 0 aliphatic heterocycles. The van der Waals surface area contributed by atoms with E-state index in [-0.39, 0.29) is 10.9 Å². The first-order chi connectivity index (χ1) is 9.11. The largest absolute Gasteiger partial charge is 0.383 e. The Morgan fingerprint density at radius 1 is 1.53 bits per heavy atom. The number of anilines is 1. The van der Waals surface area contributed by atoms with E-state index in [0.29, 0.717) is 19.0 Å². The van der Waals surface area contributed by atoms with Gasteiger partial charge in [-0.25, -0.2) is 13.4 Å². The van der Waals surface area contributed by atoms with Gasteiger partial charge in [0.15, 0.2) is 0 Å². The zero-order valence-corrected chi connectivity index (χ0v) is 12.0. The molecule has 1 aliphatic rings. The fraction of sp³-hybridized carbons (Fsp3) is 0.583. The number of methoxy groups -OCH3 is 1. The third-order valence-corrected chi connectivity index (χ3v) is 5.05. The van der Waals surface area contributed by atoms with Crippen molar-refractivity contribution in [3.63, 3.8) is 0 Å². The van der Waals surface area contributed by atoms with Crippen LogP contribution in [0, 0.1) is 0 Å². The number of sulfonamides is 1. The maximum absolute atomic E-state index is 12.7. The highest BCUT2D eigenvalue weighted by Crippen LogP contribution is 2.33. The van der Waals surface area contributed by atoms with Crippen molar-refractivity contribution in [1.82, 2.24) is 9.29 Å². The fourth-order valence-corrected chi connectivity index (χ4v) is 3.78. The molecule has 0 saturated heterocycles. The molecule has 0 aromatic carbocycles. The Bertz CT molecular complexity index is 529. The summed E-state index contributed by atoms with van der Waals surface area (Å²) in [5, 5.41) is 2.82. The molecule has 6 nitrogen and oxygen atoms in total. The molecule has 1 saturated carbocycles. The van der Waals surface area contributed by atoms with E-state index < -0.39 is 10.0 Å². The Morgan fingerprint density at radius 3 is 2.84 bits per heavy atom. The molecule has 0 atom stereocenters. The molecular formula is C12H19N3O3S. The molecule has 0 bridgehead atoms. The van der Waals surface area contributed by atoms with Crippen molar-refractivity contribution < 1.29 is 13.2 Å². The van der Waals surface area contributed by atoms with Crippen LogP contribution in [0.25, 0.3) is 0 Å². The Balaban J connectivity index is 2.33. The van der Waals surface area contributed by atoms with Crippen molar-refractivity contribution in [3.05, 3.63) is 18.3 Å². The first kappa shape index (κ1) is 14.2. The molecule has 2 rings (SSSR count). The summed E-state index contributed by atoms with van der Waals surface area (Å²) < 4.78 is 31.9. The summed E-state index contributed by atoms with van der Waals surface area (Å²) in [5.74, 6) is 0.380. The first-order valence-corrected chi connectivity index (χ1v) is 7.69. The molecule has 1 aromatic rings. The third kappa shape index (κ3) is 3.05. The van der Waals surface area contributed by atoms with Gasteiger partial charge in [-0.05, 0) is 25.0 Å². The summed E-state index contributed by atoms with van der Waals surface area (Å²) in [6.45, 7) is 0.770. The summed E-state index contributed by atoms with van der Waals surface area (Å²) in [6.07, 6.45) is 3.40. The van der Waals surface area contributed by atoms with Gasteiger partial charge in [-0.3, -0.25) is 0 Å². The number of nitrogens with one attached hydrogen (secondary N) is 1. The van der Waals surface area contributed by atoms with Gasteiger partial charge >= 0.3 is 0 Å². The second-order valence-electron chi connectivity index (χ2n) is 4.44. The quantitative estimate of drug-likeness (QED) is 0.806. The average molecular weight is 285 g/mol. The lowest BCUT2D eigenvalue weighted by atomic mass is 10.5. The molecule has 106 valence electrons. The predicted octanol–water partition coefficient (Wildman–Crippen LogP) is 0.923. The molecule has 1 aromatic heterocycles. The van der Waals surface area contributed by atoms with Gasteiger partial charge in [-0.2, -0.15) is 4.31 Å². The van der Waals surface area contributed by atoms with Crippen molar-refractivity contribution in [2.45, 2.75) is 23.8 Å². The standard InChI is InChI=1S/C12H19N3O3S/c1-13-12-11(4-3-7-14-12)19(16,17)15(8-9-18-2)10-5-6-10/h3-4,7,10H,5-6,8-9H2,1-2H3,(H,13,14). The van der Waals surface area contributed by atoms with Gasteiger partial charge in [0.1, 0.15) is 10.7 Å². The Labute approximate surface area is 113 Å². The smallest absolute Gasteiger partial charge is 0.247 e. The second kappa shape index (κ2) is 5.85. The summed E-state index contributed by atoms with van der Waals surface area (Å²) in [7, 11) is -0.290. The van der Waals surface area contributed by atoms with E-state index in [0.717, 1.165) is 12.8 Å². The number of aromatic nitrogens is 1. The number of rotatable bonds is 7. The van der Waals surface area contributed by atoms with Crippen molar-refractivity contribution in [1.29, 1.82) is 0 Å². The Hall–Kier alpha value is -1.18. The molecule has 7 heteroatoms. The van der Waals surface area contributed by atoms with Crippen LogP contribution in [0.1, 0.15) is 12.8 Å². The number of pyridine rings is 1. The minimum atomic E-state index is -3.52. The number of nitrogens with zero attached hydrogens (tertiary/aromatic N) is 2. The zero-order chi connectivity index (χ0) is 13.9. The van der Waals surface area contributed by atoms with Crippen LogP contribution in [0.3, 0.4) is 0 Å². The monoisotopic (exact) mass is 285 g/mol. The van der Waals surface area contributed by atoms with Gasteiger partial charge in [0, 0.05) is 32.9 Å². The van der Waals surface area contributed by atoms with Gasteiger partial charge in [0.2, 0.25) is 10.0 Å². The van der Waals surface area contributed by atoms with E-state index in [1.54, 1.807) is 32.5 Å². The van der Waals surface area contributed by atoms with Gasteiger partial charge in [0.25, 0.3) is 0 Å². The van der Waals surface area contributed by atoms with Crippen molar-refractivity contribution >= 4 is 15.8 Å². The Morgan fingerprint density at radius 2 is 2.26 bits per heavy atom. The van der Waals surface area contributed by atoms with E-state index in [9.17, 15) is 8.42 Å². The molecule has 1 N–H and O–H groups in total. The average Bonchev–Trinajstić information content (AvgIpc) is 3.23. The highest BCUT2D eigenvalue weighted by molar-refractivity contribution is 7.89. The molecule has 0 amide bonds. The molecule has 1 fully saturated rings. The lowest BCUT2D eigenvalue weighted by Crippen LogP contribution is -2.36. The van der Waals surface area contributed by atoms with Crippen LogP contribution in [0.15, 0.2) is 23.2 Å². The zero-order valence-electron chi connectivity index (χ0n) is 11.2. The van der Waals surface area contributed by atoms with Crippen LogP contribution in [0.2, 0.25) is 0 Å². The predicted molar refractivity (Wildman–Crippen MR) is 72.6 cm³/mol. The van der Waals surface area contributed by atoms with Crippen LogP contribution >= 0.6 is 0 Å². The minimum absolute atomic E-state index is 0.102. The molecule has 0 spiro atoms. The Kier molecular flexibility index (Phi) is 4.38. The molecule has 1 aliphatic carbocycles. The summed E-state index contributed by atoms with van der Waals surface area (Å²) in [4.78, 5) is 4.28. The summed E-state index contributed by atoms with van der Waals surface area (Å²) >= 11 is 0. The molecule has 0 radical (unpaired) electrons. The van der Waals surface area contributed by atoms with Crippen molar-refractivity contribution in [3.8, 4) is 0 Å². The molecular weight excluding hydrogens is 266 g/mol. The summed E-state index contributed by atoms with van der Waals surface area (Å²) in [6, 6.07) is 3.32. The van der Waals surface area contributed by atoms with E-state index in [1.807, 2.05) is 0 Å². The fourth-order valence-electron chi connectivity index (χ4n) is 1.96. The van der Waals surface area contributed by atoms with Crippen LogP contribution in [0.4, 0.5) is 5.82 Å². The van der Waals surface area contributed by atoms with Gasteiger partial charge in [-0.15, -0.1) is 0 Å². The minimum Gasteiger partial charge on any atom is -0.383 e. The second-order valence-corrected chi connectivity index (χ2v) is 6.30. The molecule has 0 unspecified atom stereocenters. The summed E-state index contributed by atoms with van der Waals surface area (Å²) in [5.41, 5.74) is 0. The number of hydrogen-bond acceptors (Lipinski definition) is 5. The molecule has 1 heterocycles. The van der Waals surface area contributed by atoms with Crippen molar-refractivity contribution in [2.24, 2.45) is 0 Å². The van der Waals surface area contributed by atoms with E-state index in [4.69, 9.17) is 4.74 Å². The normalized spacial score (nSPS) is 15.7. The highest BCUT2D eigenvalue weighted by Gasteiger charge is 2.38. The SMILES string of the molecule is CNc1ncccc1S(=O)(=O)N(CCOC)C1CC1. The van der Waals surface area contributed by atoms with Gasteiger partial charge in [0.05, 0.1) is 6.61 Å².